The first-order chi connectivity index (χ1) is 6.52. The Morgan fingerprint density at radius 2 is 2.07 bits per heavy atom. The number of benzene rings is 1. The largest absolute Gasteiger partial charge is 0.481 e. The quantitative estimate of drug-likeness (QED) is 0.806. The summed E-state index contributed by atoms with van der Waals surface area (Å²) < 4.78 is 13.4. The number of aliphatic carboxylic acids is 1. The zero-order valence-corrected chi connectivity index (χ0v) is 8.25. The van der Waals surface area contributed by atoms with E-state index in [0.717, 1.165) is 0 Å². The van der Waals surface area contributed by atoms with Crippen LogP contribution < -0.4 is 0 Å². The Hall–Kier alpha value is -1.38. The van der Waals surface area contributed by atoms with E-state index in [2.05, 4.69) is 0 Å². The molecule has 0 bridgehead atoms. The van der Waals surface area contributed by atoms with Crippen LogP contribution in [-0.4, -0.2) is 11.1 Å². The maximum atomic E-state index is 13.4. The fourth-order valence-electron chi connectivity index (χ4n) is 1.37. The van der Waals surface area contributed by atoms with Crippen LogP contribution in [-0.2, 0) is 10.2 Å². The molecule has 1 unspecified atom stereocenters. The van der Waals surface area contributed by atoms with Gasteiger partial charge in [-0.1, -0.05) is 25.1 Å². The highest BCUT2D eigenvalue weighted by molar-refractivity contribution is 5.80. The summed E-state index contributed by atoms with van der Waals surface area (Å²) in [6, 6.07) is 6.01. The van der Waals surface area contributed by atoms with Crippen LogP contribution in [0.25, 0.3) is 0 Å². The Bertz CT molecular complexity index is 349. The minimum Gasteiger partial charge on any atom is -0.481 e. The van der Waals surface area contributed by atoms with E-state index in [4.69, 9.17) is 5.11 Å². The molecule has 0 heterocycles. The van der Waals surface area contributed by atoms with Gasteiger partial charge in [-0.15, -0.1) is 0 Å². The van der Waals surface area contributed by atoms with Crippen molar-refractivity contribution in [1.82, 2.24) is 0 Å². The van der Waals surface area contributed by atoms with Crippen molar-refractivity contribution in [3.05, 3.63) is 35.6 Å². The van der Waals surface area contributed by atoms with Gasteiger partial charge in [-0.05, 0) is 19.4 Å². The molecule has 76 valence electrons. The molecule has 0 amide bonds. The van der Waals surface area contributed by atoms with Gasteiger partial charge in [0.05, 0.1) is 5.41 Å². The summed E-state index contributed by atoms with van der Waals surface area (Å²) in [6.07, 6.45) is 0.364. The van der Waals surface area contributed by atoms with Gasteiger partial charge in [-0.2, -0.15) is 0 Å². The highest BCUT2D eigenvalue weighted by Crippen LogP contribution is 2.29. The molecule has 3 heteroatoms. The van der Waals surface area contributed by atoms with Crippen LogP contribution in [0.5, 0.6) is 0 Å². The Kier molecular flexibility index (Phi) is 2.89. The van der Waals surface area contributed by atoms with Gasteiger partial charge in [0, 0.05) is 5.56 Å². The third kappa shape index (κ3) is 1.62. The number of carboxylic acid groups (broad SMARTS) is 1. The smallest absolute Gasteiger partial charge is 0.313 e. The Labute approximate surface area is 82.4 Å². The second-order valence-corrected chi connectivity index (χ2v) is 3.47. The predicted octanol–water partition coefficient (Wildman–Crippen LogP) is 2.58. The Morgan fingerprint density at radius 3 is 2.50 bits per heavy atom. The molecule has 0 fully saturated rings. The molecule has 0 saturated carbocycles. The maximum Gasteiger partial charge on any atom is 0.313 e. The van der Waals surface area contributed by atoms with Crippen molar-refractivity contribution in [2.45, 2.75) is 25.7 Å². The van der Waals surface area contributed by atoms with Gasteiger partial charge >= 0.3 is 5.97 Å². The van der Waals surface area contributed by atoms with Gasteiger partial charge in [0.25, 0.3) is 0 Å². The average molecular weight is 196 g/mol. The van der Waals surface area contributed by atoms with Crippen LogP contribution in [0.3, 0.4) is 0 Å². The van der Waals surface area contributed by atoms with Crippen molar-refractivity contribution < 1.29 is 14.3 Å². The van der Waals surface area contributed by atoms with Crippen LogP contribution in [0.1, 0.15) is 25.8 Å². The van der Waals surface area contributed by atoms with E-state index in [9.17, 15) is 9.18 Å². The van der Waals surface area contributed by atoms with Crippen LogP contribution >= 0.6 is 0 Å². The van der Waals surface area contributed by atoms with Crippen LogP contribution in [0.15, 0.2) is 24.3 Å². The summed E-state index contributed by atoms with van der Waals surface area (Å²) in [5.74, 6) is -1.45. The molecule has 0 aliphatic rings. The van der Waals surface area contributed by atoms with E-state index in [-0.39, 0.29) is 5.56 Å². The molecule has 0 saturated heterocycles. The van der Waals surface area contributed by atoms with Crippen molar-refractivity contribution in [3.63, 3.8) is 0 Å². The number of hydrogen-bond acceptors (Lipinski definition) is 1. The van der Waals surface area contributed by atoms with Gasteiger partial charge in [0.15, 0.2) is 0 Å². The number of rotatable bonds is 3. The highest BCUT2D eigenvalue weighted by atomic mass is 19.1. The van der Waals surface area contributed by atoms with E-state index >= 15 is 0 Å². The molecular weight excluding hydrogens is 183 g/mol. The van der Waals surface area contributed by atoms with E-state index in [0.29, 0.717) is 6.42 Å². The molecule has 0 radical (unpaired) electrons. The van der Waals surface area contributed by atoms with E-state index in [1.54, 1.807) is 19.1 Å². The maximum absolute atomic E-state index is 13.4. The first kappa shape index (κ1) is 10.7. The van der Waals surface area contributed by atoms with E-state index in [1.165, 1.54) is 19.1 Å². The van der Waals surface area contributed by atoms with Crippen molar-refractivity contribution in [1.29, 1.82) is 0 Å². The van der Waals surface area contributed by atoms with E-state index < -0.39 is 17.2 Å². The molecular formula is C11H13FO2. The normalized spacial score (nSPS) is 14.8. The molecule has 0 aliphatic carbocycles. The molecule has 0 aliphatic heterocycles. The third-order valence-electron chi connectivity index (χ3n) is 2.65. The van der Waals surface area contributed by atoms with Gasteiger partial charge in [-0.25, -0.2) is 4.39 Å². The summed E-state index contributed by atoms with van der Waals surface area (Å²) in [5, 5.41) is 9.04. The summed E-state index contributed by atoms with van der Waals surface area (Å²) in [7, 11) is 0. The van der Waals surface area contributed by atoms with Crippen molar-refractivity contribution in [2.75, 3.05) is 0 Å². The molecule has 14 heavy (non-hydrogen) atoms. The lowest BCUT2D eigenvalue weighted by atomic mass is 9.80. The summed E-state index contributed by atoms with van der Waals surface area (Å²) in [5.41, 5.74) is -0.888. The highest BCUT2D eigenvalue weighted by Gasteiger charge is 2.35. The lowest BCUT2D eigenvalue weighted by Gasteiger charge is -2.23. The molecule has 1 atom stereocenters. The number of carboxylic acids is 1. The third-order valence-corrected chi connectivity index (χ3v) is 2.65. The molecule has 0 aromatic heterocycles. The van der Waals surface area contributed by atoms with Gasteiger partial charge < -0.3 is 5.11 Å². The van der Waals surface area contributed by atoms with Gasteiger partial charge in [-0.3, -0.25) is 4.79 Å². The second-order valence-electron chi connectivity index (χ2n) is 3.47. The molecule has 1 aromatic carbocycles. The van der Waals surface area contributed by atoms with Gasteiger partial charge in [0.1, 0.15) is 5.82 Å². The Morgan fingerprint density at radius 1 is 1.50 bits per heavy atom. The second kappa shape index (κ2) is 3.78. The number of carbonyl (C=O) groups is 1. The molecule has 1 N–H and O–H groups in total. The van der Waals surface area contributed by atoms with Crippen LogP contribution in [0.2, 0.25) is 0 Å². The number of hydrogen-bond donors (Lipinski definition) is 1. The standard InChI is InChI=1S/C11H13FO2/c1-3-11(2,10(13)14)8-6-4-5-7-9(8)12/h4-7H,3H2,1-2H3,(H,13,14). The fourth-order valence-corrected chi connectivity index (χ4v) is 1.37. The van der Waals surface area contributed by atoms with Crippen molar-refractivity contribution >= 4 is 5.97 Å². The monoisotopic (exact) mass is 196 g/mol. The number of halogens is 1. The zero-order chi connectivity index (χ0) is 10.8. The Balaban J connectivity index is 3.26. The average Bonchev–Trinajstić information content (AvgIpc) is 2.17. The fraction of sp³-hybridized carbons (Fsp3) is 0.364. The summed E-state index contributed by atoms with van der Waals surface area (Å²) in [6.45, 7) is 3.27. The first-order valence-electron chi connectivity index (χ1n) is 4.50. The molecule has 1 aromatic rings. The molecule has 2 nitrogen and oxygen atoms in total. The van der Waals surface area contributed by atoms with Gasteiger partial charge in [0.2, 0.25) is 0 Å². The topological polar surface area (TPSA) is 37.3 Å². The minimum atomic E-state index is -1.13. The lowest BCUT2D eigenvalue weighted by molar-refractivity contribution is -0.143. The minimum absolute atomic E-state index is 0.245. The summed E-state index contributed by atoms with van der Waals surface area (Å²) in [4.78, 5) is 11.0. The summed E-state index contributed by atoms with van der Waals surface area (Å²) >= 11 is 0. The predicted molar refractivity (Wildman–Crippen MR) is 51.7 cm³/mol. The lowest BCUT2D eigenvalue weighted by Crippen LogP contribution is -2.32. The van der Waals surface area contributed by atoms with Crippen molar-refractivity contribution in [3.8, 4) is 0 Å². The first-order valence-corrected chi connectivity index (χ1v) is 4.50. The van der Waals surface area contributed by atoms with Crippen LogP contribution in [0, 0.1) is 5.82 Å². The molecule has 0 spiro atoms. The molecule has 1 rings (SSSR count). The SMILES string of the molecule is CCC(C)(C(=O)O)c1ccccc1F. The van der Waals surface area contributed by atoms with E-state index in [1.807, 2.05) is 0 Å². The van der Waals surface area contributed by atoms with Crippen LogP contribution in [0.4, 0.5) is 4.39 Å². The van der Waals surface area contributed by atoms with Crippen molar-refractivity contribution in [2.24, 2.45) is 0 Å². The zero-order valence-electron chi connectivity index (χ0n) is 8.25.